The first-order valence-electron chi connectivity index (χ1n) is 16.6. The molecule has 2 atom stereocenters. The summed E-state index contributed by atoms with van der Waals surface area (Å²) in [6.45, 7) is 4.49. The van der Waals surface area contributed by atoms with Gasteiger partial charge in [0, 0.05) is 36.9 Å². The highest BCUT2D eigenvalue weighted by atomic mass is 32.2. The second kappa shape index (κ2) is 16.8. The maximum atomic E-state index is 14.0. The minimum atomic E-state index is -3.65. The van der Waals surface area contributed by atoms with E-state index in [-0.39, 0.29) is 12.3 Å². The molecule has 2 aromatic carbocycles. The average molecular weight is 688 g/mol. The van der Waals surface area contributed by atoms with Crippen molar-refractivity contribution in [1.82, 2.24) is 20.2 Å². The van der Waals surface area contributed by atoms with Crippen molar-refractivity contribution >= 4 is 33.3 Å². The molecule has 0 aliphatic carbocycles. The van der Waals surface area contributed by atoms with Crippen molar-refractivity contribution in [1.29, 1.82) is 0 Å². The van der Waals surface area contributed by atoms with Crippen molar-refractivity contribution in [2.24, 2.45) is 5.41 Å². The summed E-state index contributed by atoms with van der Waals surface area (Å²) in [6.07, 6.45) is 6.71. The van der Waals surface area contributed by atoms with Gasteiger partial charge >= 0.3 is 5.97 Å². The predicted molar refractivity (Wildman–Crippen MR) is 184 cm³/mol. The van der Waals surface area contributed by atoms with Gasteiger partial charge in [-0.2, -0.15) is 0 Å². The van der Waals surface area contributed by atoms with Gasteiger partial charge in [0.2, 0.25) is 5.16 Å². The minimum Gasteiger partial charge on any atom is -0.494 e. The van der Waals surface area contributed by atoms with E-state index >= 15 is 0 Å². The number of aliphatic hydroxyl groups is 1. The van der Waals surface area contributed by atoms with Gasteiger partial charge in [-0.3, -0.25) is 4.79 Å². The third-order valence-electron chi connectivity index (χ3n) is 8.97. The molecule has 3 aromatic rings. The molecule has 0 spiro atoms. The van der Waals surface area contributed by atoms with Crippen LogP contribution >= 0.6 is 11.8 Å². The van der Waals surface area contributed by atoms with E-state index < -0.39 is 33.2 Å². The van der Waals surface area contributed by atoms with Gasteiger partial charge in [0.05, 0.1) is 23.4 Å². The number of thioether (sulfide) groups is 1. The van der Waals surface area contributed by atoms with Gasteiger partial charge in [-0.1, -0.05) is 63.4 Å². The Hall–Kier alpha value is -3.16. The number of unbranched alkanes of at least 4 members (excludes halogenated alkanes) is 4. The average Bonchev–Trinajstić information content (AvgIpc) is 3.45. The van der Waals surface area contributed by atoms with Crippen LogP contribution in [0, 0.1) is 5.41 Å². The number of aliphatic hydroxyl groups excluding tert-OH is 1. The lowest BCUT2D eigenvalue weighted by molar-refractivity contribution is -0.138. The zero-order valence-corrected chi connectivity index (χ0v) is 29.6. The number of nitrogens with zero attached hydrogens (tertiary/aromatic N) is 5. The number of anilines is 1. The first-order chi connectivity index (χ1) is 22.5. The fourth-order valence-corrected chi connectivity index (χ4v) is 9.49. The van der Waals surface area contributed by atoms with E-state index in [0.29, 0.717) is 35.1 Å². The monoisotopic (exact) mass is 687 g/mol. The van der Waals surface area contributed by atoms with Crippen LogP contribution in [0.1, 0.15) is 88.7 Å². The summed E-state index contributed by atoms with van der Waals surface area (Å²) < 4.78 is 35.4. The van der Waals surface area contributed by atoms with Crippen LogP contribution in [0.3, 0.4) is 0 Å². The Morgan fingerprint density at radius 3 is 2.38 bits per heavy atom. The summed E-state index contributed by atoms with van der Waals surface area (Å²) in [5.41, 5.74) is 1.67. The van der Waals surface area contributed by atoms with Crippen LogP contribution in [-0.2, 0) is 21.2 Å². The van der Waals surface area contributed by atoms with Crippen LogP contribution in [0.2, 0.25) is 0 Å². The molecule has 0 fully saturated rings. The van der Waals surface area contributed by atoms with Crippen LogP contribution in [0.15, 0.2) is 52.5 Å². The first-order valence-corrected chi connectivity index (χ1v) is 19.2. The Kier molecular flexibility index (Phi) is 13.1. The number of benzene rings is 2. The topological polar surface area (TPSA) is 148 Å². The zero-order chi connectivity index (χ0) is 34.0. The fourth-order valence-electron chi connectivity index (χ4n) is 6.42. The van der Waals surface area contributed by atoms with E-state index in [0.717, 1.165) is 67.7 Å². The number of aromatic nitrogens is 4. The molecule has 47 heavy (non-hydrogen) atoms. The molecule has 0 saturated carbocycles. The first kappa shape index (κ1) is 36.7. The number of carboxylic acid groups (broad SMARTS) is 1. The molecule has 4 rings (SSSR count). The van der Waals surface area contributed by atoms with Crippen LogP contribution in [0.4, 0.5) is 5.69 Å². The number of carboxylic acids is 1. The zero-order valence-electron chi connectivity index (χ0n) is 28.0. The van der Waals surface area contributed by atoms with Crippen molar-refractivity contribution in [3.63, 3.8) is 0 Å². The van der Waals surface area contributed by atoms with Crippen molar-refractivity contribution in [2.45, 2.75) is 100 Å². The van der Waals surface area contributed by atoms with E-state index in [1.54, 1.807) is 6.07 Å². The molecule has 0 bridgehead atoms. The molecule has 0 radical (unpaired) electrons. The van der Waals surface area contributed by atoms with E-state index in [4.69, 9.17) is 9.84 Å². The number of fused-ring (bicyclic) bond motifs is 1. The molecular weight excluding hydrogens is 639 g/mol. The summed E-state index contributed by atoms with van der Waals surface area (Å²) >= 11 is 1.43. The normalized spacial score (nSPS) is 18.3. The summed E-state index contributed by atoms with van der Waals surface area (Å²) in [7, 11) is 0.215. The van der Waals surface area contributed by atoms with Gasteiger partial charge in [-0.25, -0.2) is 13.1 Å². The molecule has 0 amide bonds. The van der Waals surface area contributed by atoms with Crippen molar-refractivity contribution in [2.75, 3.05) is 37.1 Å². The standard InChI is InChI=1S/C34H49N5O6S2/c1-5-7-18-34(19-8-6-2)24-47(43,44)29-17-14-26(38(3)4)22-28(29)31(32(34)42)25-12-15-27(16-13-25)45-20-10-9-11-21-46-33-35-36-37-39(33)23-30(40)41/h12-17,22,31-32,42H,5-11,18-21,23-24H2,1-4H3,(H,40,41)/t31-,32-/m1/s1. The quantitative estimate of drug-likeness (QED) is 0.123. The lowest BCUT2D eigenvalue weighted by Crippen LogP contribution is -2.43. The highest BCUT2D eigenvalue weighted by Crippen LogP contribution is 2.50. The molecule has 258 valence electrons. The summed E-state index contributed by atoms with van der Waals surface area (Å²) in [4.78, 5) is 13.2. The Balaban J connectivity index is 1.48. The molecule has 11 nitrogen and oxygen atoms in total. The molecular formula is C34H49N5O6S2. The molecule has 1 aliphatic rings. The maximum Gasteiger partial charge on any atom is 0.325 e. The number of sulfone groups is 1. The number of aliphatic carboxylic acids is 1. The highest BCUT2D eigenvalue weighted by molar-refractivity contribution is 7.99. The Bertz CT molecular complexity index is 1550. The van der Waals surface area contributed by atoms with Crippen LogP contribution in [0.25, 0.3) is 0 Å². The van der Waals surface area contributed by atoms with Gasteiger partial charge in [0.15, 0.2) is 9.84 Å². The van der Waals surface area contributed by atoms with Crippen LogP contribution < -0.4 is 9.64 Å². The van der Waals surface area contributed by atoms with Gasteiger partial charge < -0.3 is 19.8 Å². The minimum absolute atomic E-state index is 0.0505. The maximum absolute atomic E-state index is 14.0. The van der Waals surface area contributed by atoms with E-state index in [9.17, 15) is 18.3 Å². The number of ether oxygens (including phenoxy) is 1. The molecule has 2 N–H and O–H groups in total. The number of carbonyl (C=O) groups is 1. The number of rotatable bonds is 18. The number of tetrazole rings is 1. The van der Waals surface area contributed by atoms with Crippen molar-refractivity contribution in [3.8, 4) is 5.75 Å². The third kappa shape index (κ3) is 9.26. The Morgan fingerprint density at radius 2 is 1.74 bits per heavy atom. The lowest BCUT2D eigenvalue weighted by atomic mass is 9.68. The van der Waals surface area contributed by atoms with Crippen LogP contribution in [0.5, 0.6) is 5.75 Å². The molecule has 1 aliphatic heterocycles. The second-order valence-corrected chi connectivity index (χ2v) is 15.7. The fraction of sp³-hybridized carbons (Fsp3) is 0.588. The molecule has 2 heterocycles. The third-order valence-corrected chi connectivity index (χ3v) is 12.0. The molecule has 1 aromatic heterocycles. The summed E-state index contributed by atoms with van der Waals surface area (Å²) in [5.74, 6) is -0.0528. The number of hydrogen-bond donors (Lipinski definition) is 2. The Labute approximate surface area is 283 Å². The van der Waals surface area contributed by atoms with E-state index in [1.165, 1.54) is 16.4 Å². The number of hydrogen-bond acceptors (Lipinski definition) is 10. The molecule has 13 heteroatoms. The lowest BCUT2D eigenvalue weighted by Gasteiger charge is -2.40. The second-order valence-electron chi connectivity index (χ2n) is 12.7. The highest BCUT2D eigenvalue weighted by Gasteiger charge is 2.49. The molecule has 0 unspecified atom stereocenters. The van der Waals surface area contributed by atoms with Crippen molar-refractivity contribution < 1.29 is 28.2 Å². The van der Waals surface area contributed by atoms with Gasteiger partial charge in [-0.15, -0.1) is 5.10 Å². The van der Waals surface area contributed by atoms with E-state index in [2.05, 4.69) is 29.4 Å². The predicted octanol–water partition coefficient (Wildman–Crippen LogP) is 5.81. The van der Waals surface area contributed by atoms with Gasteiger partial charge in [-0.05, 0) is 84.0 Å². The SMILES string of the molecule is CCCCC1(CCCC)CS(=O)(=O)c2ccc(N(C)C)cc2[C@@H](c2ccc(OCCCCCSc3nnnn3CC(=O)O)cc2)[C@H]1O. The van der Waals surface area contributed by atoms with Crippen molar-refractivity contribution in [3.05, 3.63) is 53.6 Å². The summed E-state index contributed by atoms with van der Waals surface area (Å²) in [6, 6.07) is 13.3. The largest absolute Gasteiger partial charge is 0.494 e. The van der Waals surface area contributed by atoms with Crippen LogP contribution in [-0.4, -0.2) is 83.1 Å². The Morgan fingerprint density at radius 1 is 1.04 bits per heavy atom. The summed E-state index contributed by atoms with van der Waals surface area (Å²) in [5, 5.41) is 33.0. The smallest absolute Gasteiger partial charge is 0.325 e. The van der Waals surface area contributed by atoms with Gasteiger partial charge in [0.1, 0.15) is 12.3 Å². The van der Waals surface area contributed by atoms with Gasteiger partial charge in [0.25, 0.3) is 0 Å². The molecule has 0 saturated heterocycles. The van der Waals surface area contributed by atoms with E-state index in [1.807, 2.05) is 55.4 Å².